The maximum Gasteiger partial charge on any atom is 0.180 e. The molecule has 4 rings (SSSR count). The first kappa shape index (κ1) is 12.9. The molecule has 0 unspecified atom stereocenters. The van der Waals surface area contributed by atoms with Crippen molar-refractivity contribution >= 4 is 17.3 Å². The van der Waals surface area contributed by atoms with Crippen molar-refractivity contribution in [3.8, 4) is 0 Å². The first-order valence-electron chi connectivity index (χ1n) is 7.91. The standard InChI is InChI=1S/C15H22N6/c1-2-16-13-11-21-6-5-17-14(21)15(18-13)20-9-7-19(8-10-20)12-3-4-12/h5-6,11-12,16H,2-4,7-10H2,1H3. The van der Waals surface area contributed by atoms with Gasteiger partial charge in [-0.3, -0.25) is 4.90 Å². The minimum atomic E-state index is 0.861. The average Bonchev–Trinajstić information content (AvgIpc) is 3.25. The fourth-order valence-electron chi connectivity index (χ4n) is 3.13. The maximum atomic E-state index is 4.79. The van der Waals surface area contributed by atoms with Crippen molar-refractivity contribution in [3.05, 3.63) is 18.6 Å². The molecule has 2 aromatic rings. The van der Waals surface area contributed by atoms with E-state index in [0.29, 0.717) is 0 Å². The lowest BCUT2D eigenvalue weighted by molar-refractivity contribution is 0.247. The van der Waals surface area contributed by atoms with E-state index in [0.717, 1.165) is 56.0 Å². The van der Waals surface area contributed by atoms with E-state index in [1.807, 2.05) is 18.6 Å². The van der Waals surface area contributed by atoms with Crippen LogP contribution in [-0.4, -0.2) is 58.0 Å². The van der Waals surface area contributed by atoms with Gasteiger partial charge in [-0.05, 0) is 19.8 Å². The van der Waals surface area contributed by atoms with Crippen molar-refractivity contribution in [1.82, 2.24) is 19.3 Å². The van der Waals surface area contributed by atoms with Crippen molar-refractivity contribution in [2.45, 2.75) is 25.8 Å². The number of piperazine rings is 1. The third-order valence-corrected chi connectivity index (χ3v) is 4.39. The minimum Gasteiger partial charge on any atom is -0.369 e. The van der Waals surface area contributed by atoms with Crippen LogP contribution in [0.5, 0.6) is 0 Å². The van der Waals surface area contributed by atoms with Crippen molar-refractivity contribution < 1.29 is 0 Å². The van der Waals surface area contributed by atoms with Gasteiger partial charge in [0.1, 0.15) is 5.82 Å². The van der Waals surface area contributed by atoms with Crippen LogP contribution in [0.2, 0.25) is 0 Å². The van der Waals surface area contributed by atoms with Crippen molar-refractivity contribution in [3.63, 3.8) is 0 Å². The molecule has 0 aromatic carbocycles. The number of rotatable bonds is 4. The van der Waals surface area contributed by atoms with E-state index in [4.69, 9.17) is 4.98 Å². The summed E-state index contributed by atoms with van der Waals surface area (Å²) in [5, 5.41) is 3.31. The molecule has 2 aromatic heterocycles. The topological polar surface area (TPSA) is 48.7 Å². The molecule has 0 amide bonds. The molecular weight excluding hydrogens is 264 g/mol. The molecular formula is C15H22N6. The zero-order valence-electron chi connectivity index (χ0n) is 12.5. The second kappa shape index (κ2) is 5.18. The summed E-state index contributed by atoms with van der Waals surface area (Å²) in [6.07, 6.45) is 8.62. The Labute approximate surface area is 124 Å². The van der Waals surface area contributed by atoms with E-state index in [1.165, 1.54) is 12.8 Å². The van der Waals surface area contributed by atoms with Crippen molar-refractivity contribution in [2.24, 2.45) is 0 Å². The lowest BCUT2D eigenvalue weighted by Crippen LogP contribution is -2.47. The third-order valence-electron chi connectivity index (χ3n) is 4.39. The summed E-state index contributed by atoms with van der Waals surface area (Å²) in [5.41, 5.74) is 0.955. The zero-order valence-corrected chi connectivity index (χ0v) is 12.5. The van der Waals surface area contributed by atoms with Gasteiger partial charge in [-0.15, -0.1) is 0 Å². The van der Waals surface area contributed by atoms with Gasteiger partial charge in [-0.25, -0.2) is 9.97 Å². The molecule has 112 valence electrons. The van der Waals surface area contributed by atoms with Gasteiger partial charge in [-0.1, -0.05) is 0 Å². The first-order chi connectivity index (χ1) is 10.3. The van der Waals surface area contributed by atoms with E-state index in [9.17, 15) is 0 Å². The summed E-state index contributed by atoms with van der Waals surface area (Å²) >= 11 is 0. The Hall–Kier alpha value is -1.82. The molecule has 0 spiro atoms. The van der Waals surface area contributed by atoms with Gasteiger partial charge in [0.05, 0.1) is 6.20 Å². The van der Waals surface area contributed by atoms with Gasteiger partial charge >= 0.3 is 0 Å². The summed E-state index contributed by atoms with van der Waals surface area (Å²) in [4.78, 5) is 14.3. The fourth-order valence-corrected chi connectivity index (χ4v) is 3.13. The van der Waals surface area contributed by atoms with Crippen molar-refractivity contribution in [2.75, 3.05) is 42.9 Å². The third kappa shape index (κ3) is 2.44. The predicted octanol–water partition coefficient (Wildman–Crippen LogP) is 1.45. The Morgan fingerprint density at radius 2 is 2.05 bits per heavy atom. The number of fused-ring (bicyclic) bond motifs is 1. The predicted molar refractivity (Wildman–Crippen MR) is 84.0 cm³/mol. The monoisotopic (exact) mass is 286 g/mol. The van der Waals surface area contributed by atoms with Crippen LogP contribution in [0.15, 0.2) is 18.6 Å². The second-order valence-corrected chi connectivity index (χ2v) is 5.89. The van der Waals surface area contributed by atoms with Gasteiger partial charge in [0.2, 0.25) is 0 Å². The molecule has 3 heterocycles. The minimum absolute atomic E-state index is 0.861. The highest BCUT2D eigenvalue weighted by atomic mass is 15.3. The smallest absolute Gasteiger partial charge is 0.180 e. The average molecular weight is 286 g/mol. The normalized spacial score (nSPS) is 20.1. The molecule has 0 bridgehead atoms. The van der Waals surface area contributed by atoms with E-state index in [1.54, 1.807) is 0 Å². The Morgan fingerprint density at radius 1 is 1.24 bits per heavy atom. The van der Waals surface area contributed by atoms with Gasteiger partial charge in [0.25, 0.3) is 0 Å². The highest BCUT2D eigenvalue weighted by Gasteiger charge is 2.32. The largest absolute Gasteiger partial charge is 0.369 e. The SMILES string of the molecule is CCNc1cn2ccnc2c(N2CCN(C3CC3)CC2)n1. The number of hydrogen-bond acceptors (Lipinski definition) is 5. The molecule has 1 aliphatic carbocycles. The number of nitrogens with zero attached hydrogens (tertiary/aromatic N) is 5. The molecule has 6 heteroatoms. The Bertz CT molecular complexity index is 624. The van der Waals surface area contributed by atoms with Gasteiger partial charge in [-0.2, -0.15) is 0 Å². The molecule has 2 fully saturated rings. The molecule has 2 aliphatic rings. The van der Waals surface area contributed by atoms with E-state index in [2.05, 4.69) is 31.4 Å². The Morgan fingerprint density at radius 3 is 2.76 bits per heavy atom. The summed E-state index contributed by atoms with van der Waals surface area (Å²) in [7, 11) is 0. The summed E-state index contributed by atoms with van der Waals surface area (Å²) < 4.78 is 2.06. The molecule has 1 saturated carbocycles. The first-order valence-corrected chi connectivity index (χ1v) is 7.91. The quantitative estimate of drug-likeness (QED) is 0.922. The zero-order chi connectivity index (χ0) is 14.2. The lowest BCUT2D eigenvalue weighted by Gasteiger charge is -2.35. The van der Waals surface area contributed by atoms with Crippen LogP contribution in [0.25, 0.3) is 5.65 Å². The number of anilines is 2. The number of imidazole rings is 1. The van der Waals surface area contributed by atoms with Gasteiger partial charge < -0.3 is 14.6 Å². The van der Waals surface area contributed by atoms with E-state index in [-0.39, 0.29) is 0 Å². The molecule has 1 aliphatic heterocycles. The number of nitrogens with one attached hydrogen (secondary N) is 1. The highest BCUT2D eigenvalue weighted by molar-refractivity contribution is 5.67. The lowest BCUT2D eigenvalue weighted by atomic mass is 10.3. The van der Waals surface area contributed by atoms with Crippen LogP contribution in [-0.2, 0) is 0 Å². The number of aromatic nitrogens is 3. The van der Waals surface area contributed by atoms with Crippen LogP contribution in [0.4, 0.5) is 11.6 Å². The number of hydrogen-bond donors (Lipinski definition) is 1. The highest BCUT2D eigenvalue weighted by Crippen LogP contribution is 2.29. The fraction of sp³-hybridized carbons (Fsp3) is 0.600. The van der Waals surface area contributed by atoms with Crippen LogP contribution < -0.4 is 10.2 Å². The molecule has 0 radical (unpaired) electrons. The molecule has 21 heavy (non-hydrogen) atoms. The molecule has 1 N–H and O–H groups in total. The Balaban J connectivity index is 1.60. The Kier molecular flexibility index (Phi) is 3.18. The molecule has 1 saturated heterocycles. The van der Waals surface area contributed by atoms with Crippen LogP contribution in [0, 0.1) is 0 Å². The van der Waals surface area contributed by atoms with Gasteiger partial charge in [0.15, 0.2) is 11.5 Å². The van der Waals surface area contributed by atoms with E-state index >= 15 is 0 Å². The summed E-state index contributed by atoms with van der Waals surface area (Å²) in [6, 6.07) is 0.861. The second-order valence-electron chi connectivity index (χ2n) is 5.89. The van der Waals surface area contributed by atoms with E-state index < -0.39 is 0 Å². The molecule has 6 nitrogen and oxygen atoms in total. The summed E-state index contributed by atoms with van der Waals surface area (Å²) in [6.45, 7) is 7.34. The van der Waals surface area contributed by atoms with Crippen LogP contribution >= 0.6 is 0 Å². The van der Waals surface area contributed by atoms with Crippen molar-refractivity contribution in [1.29, 1.82) is 0 Å². The van der Waals surface area contributed by atoms with Crippen LogP contribution in [0.3, 0.4) is 0 Å². The summed E-state index contributed by atoms with van der Waals surface area (Å²) in [5.74, 6) is 1.93. The van der Waals surface area contributed by atoms with Gasteiger partial charge in [0, 0.05) is 51.2 Å². The van der Waals surface area contributed by atoms with Crippen LogP contribution in [0.1, 0.15) is 19.8 Å². The maximum absolute atomic E-state index is 4.79. The molecule has 0 atom stereocenters.